The number of nitrogens with zero attached hydrogens (tertiary/aromatic N) is 2. The smallest absolute Gasteiger partial charge is 0.148 e. The van der Waals surface area contributed by atoms with Gasteiger partial charge >= 0.3 is 0 Å². The molecule has 1 aliphatic heterocycles. The maximum absolute atomic E-state index is 12.7. The van der Waals surface area contributed by atoms with Crippen LogP contribution in [-0.4, -0.2) is 28.4 Å². The molecule has 100 valence electrons. The highest BCUT2D eigenvalue weighted by Gasteiger charge is 2.43. The number of nitrogens with one attached hydrogen (secondary N) is 1. The lowest BCUT2D eigenvalue weighted by Gasteiger charge is -2.31. The molecule has 0 radical (unpaired) electrons. The minimum atomic E-state index is -0.190. The molecular formula is C14H23N3O. The molecule has 1 fully saturated rings. The Hall–Kier alpha value is -1.16. The van der Waals surface area contributed by atoms with Gasteiger partial charge in [-0.15, -0.1) is 0 Å². The zero-order valence-corrected chi connectivity index (χ0v) is 11.6. The van der Waals surface area contributed by atoms with Crippen molar-refractivity contribution in [2.75, 3.05) is 13.1 Å². The van der Waals surface area contributed by atoms with Crippen LogP contribution < -0.4 is 5.32 Å². The van der Waals surface area contributed by atoms with E-state index in [0.717, 1.165) is 31.9 Å². The van der Waals surface area contributed by atoms with Crippen molar-refractivity contribution in [3.05, 3.63) is 18.2 Å². The van der Waals surface area contributed by atoms with Crippen molar-refractivity contribution in [1.29, 1.82) is 0 Å². The Morgan fingerprint density at radius 1 is 1.61 bits per heavy atom. The molecular weight excluding hydrogens is 226 g/mol. The van der Waals surface area contributed by atoms with Crippen LogP contribution in [0.15, 0.2) is 12.4 Å². The number of carbonyl (C=O) groups is 1. The van der Waals surface area contributed by atoms with Crippen LogP contribution in [0.1, 0.15) is 33.0 Å². The Morgan fingerprint density at radius 2 is 2.39 bits per heavy atom. The fraction of sp³-hybridized carbons (Fsp3) is 0.714. The van der Waals surface area contributed by atoms with E-state index in [-0.39, 0.29) is 5.41 Å². The Morgan fingerprint density at radius 3 is 2.94 bits per heavy atom. The lowest BCUT2D eigenvalue weighted by Crippen LogP contribution is -2.39. The Bertz CT molecular complexity index is 416. The summed E-state index contributed by atoms with van der Waals surface area (Å²) in [6, 6.07) is 0. The average molecular weight is 249 g/mol. The van der Waals surface area contributed by atoms with Crippen LogP contribution in [0.3, 0.4) is 0 Å². The highest BCUT2D eigenvalue weighted by Crippen LogP contribution is 2.36. The van der Waals surface area contributed by atoms with Gasteiger partial charge in [0.2, 0.25) is 0 Å². The second-order valence-corrected chi connectivity index (χ2v) is 5.47. The van der Waals surface area contributed by atoms with Gasteiger partial charge in [-0.2, -0.15) is 0 Å². The van der Waals surface area contributed by atoms with Gasteiger partial charge in [0.1, 0.15) is 11.6 Å². The summed E-state index contributed by atoms with van der Waals surface area (Å²) in [6.45, 7) is 9.01. The van der Waals surface area contributed by atoms with Crippen molar-refractivity contribution in [3.8, 4) is 0 Å². The molecule has 1 aromatic heterocycles. The summed E-state index contributed by atoms with van der Waals surface area (Å²) < 4.78 is 2.05. The third-order valence-electron chi connectivity index (χ3n) is 4.31. The molecule has 0 bridgehead atoms. The van der Waals surface area contributed by atoms with Crippen molar-refractivity contribution >= 4 is 5.78 Å². The molecule has 1 saturated heterocycles. The molecule has 4 nitrogen and oxygen atoms in total. The molecule has 0 aliphatic carbocycles. The van der Waals surface area contributed by atoms with Crippen LogP contribution in [0, 0.1) is 11.3 Å². The van der Waals surface area contributed by atoms with Gasteiger partial charge in [-0.3, -0.25) is 4.79 Å². The maximum atomic E-state index is 12.7. The van der Waals surface area contributed by atoms with Gasteiger partial charge in [-0.25, -0.2) is 4.98 Å². The lowest BCUT2D eigenvalue weighted by atomic mass is 9.72. The van der Waals surface area contributed by atoms with E-state index in [1.54, 1.807) is 6.20 Å². The number of ketones is 1. The zero-order valence-electron chi connectivity index (χ0n) is 11.6. The minimum Gasteiger partial charge on any atom is -0.335 e. The molecule has 1 atom stereocenters. The minimum absolute atomic E-state index is 0.190. The molecule has 0 saturated carbocycles. The van der Waals surface area contributed by atoms with Crippen LogP contribution in [-0.2, 0) is 17.8 Å². The summed E-state index contributed by atoms with van der Waals surface area (Å²) in [5.41, 5.74) is -0.190. The highest BCUT2D eigenvalue weighted by atomic mass is 16.1. The molecule has 1 unspecified atom stereocenters. The standard InChI is InChI=1S/C14H23N3O/c1-4-17-8-7-16-13(17)9-12(18)14(11(2)3)5-6-15-10-14/h7-8,11,15H,4-6,9-10H2,1-3H3. The molecule has 0 aromatic carbocycles. The number of hydrogen-bond donors (Lipinski definition) is 1. The van der Waals surface area contributed by atoms with Gasteiger partial charge in [-0.1, -0.05) is 13.8 Å². The van der Waals surface area contributed by atoms with E-state index in [4.69, 9.17) is 0 Å². The van der Waals surface area contributed by atoms with E-state index >= 15 is 0 Å². The van der Waals surface area contributed by atoms with E-state index in [2.05, 4.69) is 31.1 Å². The average Bonchev–Trinajstić information content (AvgIpc) is 2.97. The Balaban J connectivity index is 2.16. The molecule has 1 N–H and O–H groups in total. The van der Waals surface area contributed by atoms with Crippen molar-refractivity contribution in [2.24, 2.45) is 11.3 Å². The number of aromatic nitrogens is 2. The second-order valence-electron chi connectivity index (χ2n) is 5.47. The van der Waals surface area contributed by atoms with Gasteiger partial charge in [0, 0.05) is 30.9 Å². The normalized spacial score (nSPS) is 23.8. The quantitative estimate of drug-likeness (QED) is 0.863. The summed E-state index contributed by atoms with van der Waals surface area (Å²) in [6.07, 6.45) is 5.13. The summed E-state index contributed by atoms with van der Waals surface area (Å²) in [5.74, 6) is 1.61. The van der Waals surface area contributed by atoms with Crippen molar-refractivity contribution in [1.82, 2.24) is 14.9 Å². The van der Waals surface area contributed by atoms with Crippen LogP contribution >= 0.6 is 0 Å². The summed E-state index contributed by atoms with van der Waals surface area (Å²) >= 11 is 0. The predicted molar refractivity (Wildman–Crippen MR) is 71.4 cm³/mol. The van der Waals surface area contributed by atoms with Gasteiger partial charge in [0.25, 0.3) is 0 Å². The van der Waals surface area contributed by atoms with Gasteiger partial charge < -0.3 is 9.88 Å². The molecule has 4 heteroatoms. The molecule has 18 heavy (non-hydrogen) atoms. The number of Topliss-reactive ketones (excluding diaryl/α,β-unsaturated/α-hetero) is 1. The highest BCUT2D eigenvalue weighted by molar-refractivity contribution is 5.87. The number of rotatable bonds is 5. The van der Waals surface area contributed by atoms with Crippen molar-refractivity contribution in [3.63, 3.8) is 0 Å². The molecule has 1 aliphatic rings. The monoisotopic (exact) mass is 249 g/mol. The maximum Gasteiger partial charge on any atom is 0.148 e. The molecule has 2 heterocycles. The Labute approximate surface area is 109 Å². The third-order valence-corrected chi connectivity index (χ3v) is 4.31. The van der Waals surface area contributed by atoms with Crippen molar-refractivity contribution < 1.29 is 4.79 Å². The fourth-order valence-corrected chi connectivity index (χ4v) is 2.88. The topological polar surface area (TPSA) is 46.9 Å². The zero-order chi connectivity index (χ0) is 13.2. The summed E-state index contributed by atoms with van der Waals surface area (Å²) in [4.78, 5) is 17.0. The van der Waals surface area contributed by atoms with E-state index in [9.17, 15) is 4.79 Å². The van der Waals surface area contributed by atoms with Crippen LogP contribution in [0.2, 0.25) is 0 Å². The molecule has 0 amide bonds. The number of hydrogen-bond acceptors (Lipinski definition) is 3. The predicted octanol–water partition coefficient (Wildman–Crippen LogP) is 1.65. The van der Waals surface area contributed by atoms with Gasteiger partial charge in [-0.05, 0) is 25.8 Å². The molecule has 0 spiro atoms. The number of imidazole rings is 1. The van der Waals surface area contributed by atoms with E-state index in [1.165, 1.54) is 0 Å². The fourth-order valence-electron chi connectivity index (χ4n) is 2.88. The summed E-state index contributed by atoms with van der Waals surface area (Å²) in [7, 11) is 0. The van der Waals surface area contributed by atoms with Crippen LogP contribution in [0.25, 0.3) is 0 Å². The first-order valence-electron chi connectivity index (χ1n) is 6.84. The van der Waals surface area contributed by atoms with Crippen LogP contribution in [0.4, 0.5) is 0 Å². The number of carbonyl (C=O) groups excluding carboxylic acids is 1. The van der Waals surface area contributed by atoms with E-state index in [0.29, 0.717) is 18.1 Å². The lowest BCUT2D eigenvalue weighted by molar-refractivity contribution is -0.129. The molecule has 2 rings (SSSR count). The second kappa shape index (κ2) is 5.22. The first-order valence-corrected chi connectivity index (χ1v) is 6.84. The molecule has 1 aromatic rings. The third kappa shape index (κ3) is 2.21. The van der Waals surface area contributed by atoms with Crippen LogP contribution in [0.5, 0.6) is 0 Å². The largest absolute Gasteiger partial charge is 0.335 e. The van der Waals surface area contributed by atoms with Gasteiger partial charge in [0.15, 0.2) is 0 Å². The van der Waals surface area contributed by atoms with E-state index in [1.807, 2.05) is 10.8 Å². The summed E-state index contributed by atoms with van der Waals surface area (Å²) in [5, 5.41) is 3.34. The van der Waals surface area contributed by atoms with Gasteiger partial charge in [0.05, 0.1) is 6.42 Å². The Kier molecular flexibility index (Phi) is 3.85. The first kappa shape index (κ1) is 13.3. The SMILES string of the molecule is CCn1ccnc1CC(=O)C1(C(C)C)CCNC1. The van der Waals surface area contributed by atoms with E-state index < -0.39 is 0 Å². The van der Waals surface area contributed by atoms with Crippen molar-refractivity contribution in [2.45, 2.75) is 40.2 Å². The number of aryl methyl sites for hydroxylation is 1. The first-order chi connectivity index (χ1) is 8.60.